The summed E-state index contributed by atoms with van der Waals surface area (Å²) in [5.41, 5.74) is 0.155. The monoisotopic (exact) mass is 269 g/mol. The second kappa shape index (κ2) is 4.69. The molecule has 18 heavy (non-hydrogen) atoms. The molecule has 1 N–H and O–H groups in total. The second-order valence-corrected chi connectivity index (χ2v) is 5.29. The van der Waals surface area contributed by atoms with Crippen LogP contribution in [0.15, 0.2) is 18.2 Å². The van der Waals surface area contributed by atoms with E-state index in [1.807, 2.05) is 11.0 Å². The Balaban J connectivity index is 2.29. The van der Waals surface area contributed by atoms with E-state index in [9.17, 15) is 9.90 Å². The molecular formula is C13H16ClNO3. The van der Waals surface area contributed by atoms with E-state index in [4.69, 9.17) is 16.3 Å². The zero-order valence-electron chi connectivity index (χ0n) is 10.4. The minimum absolute atomic E-state index is 0.471. The number of benzene rings is 1. The Morgan fingerprint density at radius 3 is 2.83 bits per heavy atom. The Kier molecular flexibility index (Phi) is 3.39. The molecule has 1 aliphatic heterocycles. The summed E-state index contributed by atoms with van der Waals surface area (Å²) in [5, 5.41) is 9.85. The predicted molar refractivity (Wildman–Crippen MR) is 70.6 cm³/mol. The lowest BCUT2D eigenvalue weighted by atomic mass is 9.90. The fourth-order valence-corrected chi connectivity index (χ4v) is 2.42. The van der Waals surface area contributed by atoms with Crippen LogP contribution in [0.2, 0.25) is 5.02 Å². The molecule has 0 spiro atoms. The molecule has 1 unspecified atom stereocenters. The van der Waals surface area contributed by atoms with Crippen molar-refractivity contribution in [3.8, 4) is 5.75 Å². The summed E-state index contributed by atoms with van der Waals surface area (Å²) in [4.78, 5) is 13.3. The van der Waals surface area contributed by atoms with Crippen molar-refractivity contribution < 1.29 is 14.6 Å². The fourth-order valence-electron chi connectivity index (χ4n) is 2.25. The summed E-state index contributed by atoms with van der Waals surface area (Å²) in [6, 6.07) is 5.37. The van der Waals surface area contributed by atoms with Crippen molar-refractivity contribution in [2.45, 2.75) is 13.3 Å². The van der Waals surface area contributed by atoms with E-state index in [2.05, 4.69) is 0 Å². The number of hydrogen-bond donors (Lipinski definition) is 1. The van der Waals surface area contributed by atoms with Gasteiger partial charge in [-0.25, -0.2) is 0 Å². The van der Waals surface area contributed by atoms with Gasteiger partial charge in [0.1, 0.15) is 5.75 Å². The first-order valence-corrected chi connectivity index (χ1v) is 6.16. The number of halogens is 1. The van der Waals surface area contributed by atoms with Crippen LogP contribution >= 0.6 is 11.6 Å². The number of ether oxygens (including phenoxy) is 1. The Morgan fingerprint density at radius 1 is 1.56 bits per heavy atom. The largest absolute Gasteiger partial charge is 0.495 e. The number of methoxy groups -OCH3 is 1. The molecule has 0 bridgehead atoms. The van der Waals surface area contributed by atoms with Crippen LogP contribution in [0, 0.1) is 5.41 Å². The van der Waals surface area contributed by atoms with Gasteiger partial charge in [-0.3, -0.25) is 4.79 Å². The van der Waals surface area contributed by atoms with Crippen molar-refractivity contribution in [1.82, 2.24) is 0 Å². The molecule has 1 atom stereocenters. The van der Waals surface area contributed by atoms with Gasteiger partial charge in [-0.1, -0.05) is 11.6 Å². The summed E-state index contributed by atoms with van der Waals surface area (Å²) in [5.74, 6) is -0.0416. The van der Waals surface area contributed by atoms with E-state index in [0.717, 1.165) is 5.69 Å². The van der Waals surface area contributed by atoms with Crippen LogP contribution in [-0.2, 0) is 4.79 Å². The first-order chi connectivity index (χ1) is 8.46. The Labute approximate surface area is 111 Å². The normalized spacial score (nSPS) is 23.2. The van der Waals surface area contributed by atoms with E-state index >= 15 is 0 Å². The molecule has 2 rings (SSSR count). The van der Waals surface area contributed by atoms with Crippen molar-refractivity contribution in [2.24, 2.45) is 5.41 Å². The highest BCUT2D eigenvalue weighted by atomic mass is 35.5. The van der Waals surface area contributed by atoms with Crippen molar-refractivity contribution >= 4 is 23.3 Å². The summed E-state index contributed by atoms with van der Waals surface area (Å²) < 4.78 is 5.29. The van der Waals surface area contributed by atoms with Gasteiger partial charge in [0.2, 0.25) is 0 Å². The smallest absolute Gasteiger partial charge is 0.311 e. The number of carboxylic acids is 1. The van der Waals surface area contributed by atoms with Crippen LogP contribution in [0.25, 0.3) is 0 Å². The van der Waals surface area contributed by atoms with E-state index in [0.29, 0.717) is 30.3 Å². The molecule has 1 heterocycles. The van der Waals surface area contributed by atoms with Crippen molar-refractivity contribution in [2.75, 3.05) is 25.1 Å². The van der Waals surface area contributed by atoms with Crippen LogP contribution in [0.3, 0.4) is 0 Å². The lowest BCUT2D eigenvalue weighted by Crippen LogP contribution is -2.31. The molecular weight excluding hydrogens is 254 g/mol. The SMILES string of the molecule is COc1ccc(Cl)cc1N1CCC(C)(C(=O)O)C1. The number of nitrogens with zero attached hydrogens (tertiary/aromatic N) is 1. The molecule has 5 heteroatoms. The highest BCUT2D eigenvalue weighted by Crippen LogP contribution is 2.38. The first-order valence-electron chi connectivity index (χ1n) is 5.78. The molecule has 1 aromatic rings. The molecule has 1 aromatic carbocycles. The predicted octanol–water partition coefficient (Wildman–Crippen LogP) is 2.65. The third kappa shape index (κ3) is 2.25. The maximum absolute atomic E-state index is 11.2. The average molecular weight is 270 g/mol. The Morgan fingerprint density at radius 2 is 2.28 bits per heavy atom. The van der Waals surface area contributed by atoms with E-state index in [-0.39, 0.29) is 0 Å². The van der Waals surface area contributed by atoms with E-state index < -0.39 is 11.4 Å². The molecule has 0 saturated carbocycles. The molecule has 1 aliphatic rings. The standard InChI is InChI=1S/C13H16ClNO3/c1-13(12(16)17)5-6-15(8-13)10-7-9(14)3-4-11(10)18-2/h3-4,7H,5-6,8H2,1-2H3,(H,16,17). The molecule has 1 saturated heterocycles. The first kappa shape index (κ1) is 13.0. The van der Waals surface area contributed by atoms with Crippen molar-refractivity contribution in [3.05, 3.63) is 23.2 Å². The number of carbonyl (C=O) groups is 1. The maximum atomic E-state index is 11.2. The number of carboxylic acid groups (broad SMARTS) is 1. The van der Waals surface area contributed by atoms with Crippen molar-refractivity contribution in [1.29, 1.82) is 0 Å². The fraction of sp³-hybridized carbons (Fsp3) is 0.462. The topological polar surface area (TPSA) is 49.8 Å². The lowest BCUT2D eigenvalue weighted by Gasteiger charge is -2.23. The molecule has 0 radical (unpaired) electrons. The highest BCUT2D eigenvalue weighted by Gasteiger charge is 2.41. The van der Waals surface area contributed by atoms with Gasteiger partial charge in [0, 0.05) is 18.1 Å². The summed E-state index contributed by atoms with van der Waals surface area (Å²) in [6.45, 7) is 2.94. The molecule has 0 amide bonds. The quantitative estimate of drug-likeness (QED) is 0.917. The van der Waals surface area contributed by atoms with E-state index in [1.54, 1.807) is 26.2 Å². The third-order valence-electron chi connectivity index (χ3n) is 3.47. The van der Waals surface area contributed by atoms with Crippen LogP contribution in [0.4, 0.5) is 5.69 Å². The van der Waals surface area contributed by atoms with Gasteiger partial charge in [-0.2, -0.15) is 0 Å². The van der Waals surface area contributed by atoms with Crippen LogP contribution in [0.1, 0.15) is 13.3 Å². The Bertz CT molecular complexity index is 477. The maximum Gasteiger partial charge on any atom is 0.311 e. The zero-order chi connectivity index (χ0) is 13.3. The van der Waals surface area contributed by atoms with Gasteiger partial charge in [0.15, 0.2) is 0 Å². The minimum Gasteiger partial charge on any atom is -0.495 e. The highest BCUT2D eigenvalue weighted by molar-refractivity contribution is 6.30. The molecule has 0 aliphatic carbocycles. The lowest BCUT2D eigenvalue weighted by molar-refractivity contribution is -0.146. The van der Waals surface area contributed by atoms with Crippen LogP contribution < -0.4 is 9.64 Å². The second-order valence-electron chi connectivity index (χ2n) is 4.85. The van der Waals surface area contributed by atoms with Crippen LogP contribution in [-0.4, -0.2) is 31.3 Å². The van der Waals surface area contributed by atoms with Gasteiger partial charge in [-0.15, -0.1) is 0 Å². The number of rotatable bonds is 3. The van der Waals surface area contributed by atoms with Crippen LogP contribution in [0.5, 0.6) is 5.75 Å². The number of hydrogen-bond acceptors (Lipinski definition) is 3. The molecule has 0 aromatic heterocycles. The summed E-state index contributed by atoms with van der Waals surface area (Å²) in [7, 11) is 1.60. The van der Waals surface area contributed by atoms with Gasteiger partial charge < -0.3 is 14.7 Å². The van der Waals surface area contributed by atoms with E-state index in [1.165, 1.54) is 0 Å². The molecule has 98 valence electrons. The van der Waals surface area contributed by atoms with Gasteiger partial charge in [-0.05, 0) is 31.5 Å². The van der Waals surface area contributed by atoms with Crippen molar-refractivity contribution in [3.63, 3.8) is 0 Å². The summed E-state index contributed by atoms with van der Waals surface area (Å²) >= 11 is 5.99. The number of aliphatic carboxylic acids is 1. The van der Waals surface area contributed by atoms with Gasteiger partial charge >= 0.3 is 5.97 Å². The molecule has 1 fully saturated rings. The third-order valence-corrected chi connectivity index (χ3v) is 3.71. The Hall–Kier alpha value is -1.42. The number of anilines is 1. The van der Waals surface area contributed by atoms with Gasteiger partial charge in [0.05, 0.1) is 18.2 Å². The minimum atomic E-state index is -0.758. The summed E-state index contributed by atoms with van der Waals surface area (Å²) in [6.07, 6.45) is 0.623. The average Bonchev–Trinajstić information content (AvgIpc) is 2.73. The molecule has 4 nitrogen and oxygen atoms in total. The zero-order valence-corrected chi connectivity index (χ0v) is 11.2. The van der Waals surface area contributed by atoms with Gasteiger partial charge in [0.25, 0.3) is 0 Å².